The maximum absolute atomic E-state index is 13.5. The molecule has 8 nitrogen and oxygen atoms in total. The van der Waals surface area contributed by atoms with E-state index in [9.17, 15) is 14.4 Å². The number of thioether (sulfide) groups is 1. The maximum atomic E-state index is 13.5. The van der Waals surface area contributed by atoms with Crippen LogP contribution in [0.1, 0.15) is 15.9 Å². The van der Waals surface area contributed by atoms with Gasteiger partial charge in [0.2, 0.25) is 5.91 Å². The molecule has 3 amide bonds. The molecule has 0 saturated carbocycles. The molecule has 10 heteroatoms. The van der Waals surface area contributed by atoms with Crippen molar-refractivity contribution >= 4 is 68.5 Å². The normalized spacial score (nSPS) is 11.1. The molecule has 6 aromatic rings. The number of fused-ring (bicyclic) bond motifs is 1. The van der Waals surface area contributed by atoms with Crippen molar-refractivity contribution in [1.29, 1.82) is 0 Å². The average Bonchev–Trinajstić information content (AvgIpc) is 3.59. The highest BCUT2D eigenvalue weighted by molar-refractivity contribution is 8.00. The van der Waals surface area contributed by atoms with Crippen LogP contribution in [0.15, 0.2) is 137 Å². The second kappa shape index (κ2) is 15.3. The molecule has 48 heavy (non-hydrogen) atoms. The number of hydrogen-bond acceptors (Lipinski definition) is 7. The molecular formula is C38H30N4O4S2. The third-order valence-electron chi connectivity index (χ3n) is 7.21. The fraction of sp³-hybridized carbons (Fsp3) is 0.0526. The van der Waals surface area contributed by atoms with Crippen molar-refractivity contribution in [2.75, 3.05) is 23.5 Å². The molecule has 1 heterocycles. The topological polar surface area (TPSA) is 109 Å². The summed E-state index contributed by atoms with van der Waals surface area (Å²) in [6, 6.07) is 37.3. The highest BCUT2D eigenvalue weighted by Gasteiger charge is 2.16. The molecule has 1 aromatic heterocycles. The van der Waals surface area contributed by atoms with Crippen LogP contribution in [0.2, 0.25) is 0 Å². The van der Waals surface area contributed by atoms with Crippen molar-refractivity contribution in [3.05, 3.63) is 144 Å². The molecule has 0 bridgehead atoms. The summed E-state index contributed by atoms with van der Waals surface area (Å²) < 4.78 is 5.23. The van der Waals surface area contributed by atoms with Crippen LogP contribution in [0.4, 0.5) is 10.8 Å². The molecular weight excluding hydrogens is 641 g/mol. The van der Waals surface area contributed by atoms with Crippen LogP contribution in [0.5, 0.6) is 5.75 Å². The van der Waals surface area contributed by atoms with E-state index >= 15 is 0 Å². The second-order valence-electron chi connectivity index (χ2n) is 10.6. The number of benzene rings is 5. The van der Waals surface area contributed by atoms with Crippen molar-refractivity contribution in [2.24, 2.45) is 0 Å². The Kier molecular flexibility index (Phi) is 10.2. The van der Waals surface area contributed by atoms with E-state index in [1.54, 1.807) is 79.9 Å². The van der Waals surface area contributed by atoms with E-state index in [-0.39, 0.29) is 17.4 Å². The Balaban J connectivity index is 1.09. The zero-order chi connectivity index (χ0) is 33.3. The molecule has 6 rings (SSSR count). The molecule has 0 aliphatic rings. The number of methoxy groups -OCH3 is 1. The van der Waals surface area contributed by atoms with Gasteiger partial charge in [-0.1, -0.05) is 72.8 Å². The minimum atomic E-state index is -0.499. The van der Waals surface area contributed by atoms with Gasteiger partial charge >= 0.3 is 0 Å². The van der Waals surface area contributed by atoms with Gasteiger partial charge < -0.3 is 20.7 Å². The zero-order valence-electron chi connectivity index (χ0n) is 25.8. The molecule has 0 spiro atoms. The van der Waals surface area contributed by atoms with Crippen LogP contribution in [0, 0.1) is 0 Å². The summed E-state index contributed by atoms with van der Waals surface area (Å²) in [4.78, 5) is 44.6. The molecule has 0 radical (unpaired) electrons. The first-order valence-electron chi connectivity index (χ1n) is 14.9. The highest BCUT2D eigenvalue weighted by atomic mass is 32.2. The Hall–Kier alpha value is -5.71. The second-order valence-corrected chi connectivity index (χ2v) is 12.5. The lowest BCUT2D eigenvalue weighted by molar-refractivity contribution is -0.114. The summed E-state index contributed by atoms with van der Waals surface area (Å²) in [7, 11) is 1.58. The summed E-state index contributed by atoms with van der Waals surface area (Å²) in [5, 5.41) is 13.2. The summed E-state index contributed by atoms with van der Waals surface area (Å²) >= 11 is 2.71. The molecule has 238 valence electrons. The highest BCUT2D eigenvalue weighted by Crippen LogP contribution is 2.28. The van der Waals surface area contributed by atoms with Crippen LogP contribution in [-0.2, 0) is 9.59 Å². The van der Waals surface area contributed by atoms with Crippen molar-refractivity contribution in [3.8, 4) is 17.0 Å². The fourth-order valence-electron chi connectivity index (χ4n) is 4.79. The predicted octanol–water partition coefficient (Wildman–Crippen LogP) is 8.11. The summed E-state index contributed by atoms with van der Waals surface area (Å²) in [5.74, 6) is -0.279. The quantitative estimate of drug-likeness (QED) is 0.0949. The Bertz CT molecular complexity index is 2110. The largest absolute Gasteiger partial charge is 0.497 e. The van der Waals surface area contributed by atoms with E-state index in [4.69, 9.17) is 4.74 Å². The fourth-order valence-corrected chi connectivity index (χ4v) is 6.28. The zero-order valence-corrected chi connectivity index (χ0v) is 27.4. The minimum Gasteiger partial charge on any atom is -0.497 e. The molecule has 0 unspecified atom stereocenters. The van der Waals surface area contributed by atoms with Gasteiger partial charge in [0, 0.05) is 27.1 Å². The van der Waals surface area contributed by atoms with Crippen molar-refractivity contribution in [1.82, 2.24) is 10.3 Å². The van der Waals surface area contributed by atoms with Crippen molar-refractivity contribution in [2.45, 2.75) is 4.90 Å². The molecule has 0 aliphatic carbocycles. The summed E-state index contributed by atoms with van der Waals surface area (Å²) in [5.41, 5.74) is 3.50. The van der Waals surface area contributed by atoms with Gasteiger partial charge in [-0.15, -0.1) is 23.1 Å². The van der Waals surface area contributed by atoms with Crippen LogP contribution < -0.4 is 20.7 Å². The molecule has 5 aromatic carbocycles. The van der Waals surface area contributed by atoms with Gasteiger partial charge in [-0.2, -0.15) is 0 Å². The number of anilines is 2. The van der Waals surface area contributed by atoms with E-state index in [1.807, 2.05) is 35.7 Å². The number of hydrogen-bond donors (Lipinski definition) is 3. The first-order valence-corrected chi connectivity index (χ1v) is 16.8. The first-order chi connectivity index (χ1) is 23.4. The minimum absolute atomic E-state index is 0.0676. The van der Waals surface area contributed by atoms with Crippen LogP contribution in [-0.4, -0.2) is 35.6 Å². The number of ether oxygens (including phenoxy) is 1. The Labute approximate surface area is 285 Å². The molecule has 0 atom stereocenters. The standard InChI is InChI=1S/C38H30N4O4S2/c1-46-31-18-14-25(15-19-31)20-33(40-36(44)27-9-3-2-4-10-27)37(45)39-30-12-7-13-32(22-30)47-24-35(43)42-38-41-34(23-48-38)29-17-16-26-8-5-6-11-28(26)21-29/h2-23H,24H2,1H3,(H,39,45)(H,40,44)(H,41,42,43)/b33-20+. The third kappa shape index (κ3) is 8.35. The van der Waals surface area contributed by atoms with Gasteiger partial charge in [0.15, 0.2) is 5.13 Å². The number of rotatable bonds is 11. The number of nitrogens with zero attached hydrogens (tertiary/aromatic N) is 1. The number of thiazole rings is 1. The van der Waals surface area contributed by atoms with Gasteiger partial charge in [0.1, 0.15) is 11.4 Å². The van der Waals surface area contributed by atoms with Gasteiger partial charge in [-0.3, -0.25) is 14.4 Å². The maximum Gasteiger partial charge on any atom is 0.272 e. The number of carbonyl (C=O) groups excluding carboxylic acids is 3. The van der Waals surface area contributed by atoms with Crippen LogP contribution in [0.3, 0.4) is 0 Å². The van der Waals surface area contributed by atoms with E-state index < -0.39 is 11.8 Å². The van der Waals surface area contributed by atoms with Gasteiger partial charge in [-0.25, -0.2) is 4.98 Å². The number of aromatic nitrogens is 1. The van der Waals surface area contributed by atoms with E-state index in [0.29, 0.717) is 27.7 Å². The van der Waals surface area contributed by atoms with E-state index in [0.717, 1.165) is 26.9 Å². The van der Waals surface area contributed by atoms with Gasteiger partial charge in [0.05, 0.1) is 18.6 Å². The molecule has 0 fully saturated rings. The predicted molar refractivity (Wildman–Crippen MR) is 194 cm³/mol. The third-order valence-corrected chi connectivity index (χ3v) is 8.96. The lowest BCUT2D eigenvalue weighted by atomic mass is 10.1. The molecule has 0 aliphatic heterocycles. The Morgan fingerprint density at radius 1 is 0.812 bits per heavy atom. The van der Waals surface area contributed by atoms with Crippen molar-refractivity contribution in [3.63, 3.8) is 0 Å². The molecule has 0 saturated heterocycles. The average molecular weight is 671 g/mol. The molecule has 3 N–H and O–H groups in total. The van der Waals surface area contributed by atoms with E-state index in [2.05, 4.69) is 45.2 Å². The number of nitrogens with one attached hydrogen (secondary N) is 3. The summed E-state index contributed by atoms with van der Waals surface area (Å²) in [6.45, 7) is 0. The van der Waals surface area contributed by atoms with Gasteiger partial charge in [-0.05, 0) is 70.9 Å². The first kappa shape index (κ1) is 32.2. The van der Waals surface area contributed by atoms with Gasteiger partial charge in [0.25, 0.3) is 11.8 Å². The Morgan fingerprint density at radius 3 is 2.38 bits per heavy atom. The number of carbonyl (C=O) groups is 3. The summed E-state index contributed by atoms with van der Waals surface area (Å²) in [6.07, 6.45) is 1.60. The number of amides is 3. The Morgan fingerprint density at radius 2 is 1.58 bits per heavy atom. The smallest absolute Gasteiger partial charge is 0.272 e. The van der Waals surface area contributed by atoms with Crippen molar-refractivity contribution < 1.29 is 19.1 Å². The van der Waals surface area contributed by atoms with E-state index in [1.165, 1.54) is 23.1 Å². The monoisotopic (exact) mass is 670 g/mol. The lowest BCUT2D eigenvalue weighted by Crippen LogP contribution is -2.30. The van der Waals surface area contributed by atoms with Crippen LogP contribution in [0.25, 0.3) is 28.1 Å². The SMILES string of the molecule is COc1ccc(/C=C(/NC(=O)c2ccccc2)C(=O)Nc2cccc(SCC(=O)Nc3nc(-c4ccc5ccccc5c4)cs3)c2)cc1. The lowest BCUT2D eigenvalue weighted by Gasteiger charge is -2.12. The van der Waals surface area contributed by atoms with Crippen LogP contribution >= 0.6 is 23.1 Å².